The van der Waals surface area contributed by atoms with Gasteiger partial charge in [0, 0.05) is 37.2 Å². The number of carbonyl (C=O) groups excluding carboxylic acids is 2. The highest BCUT2D eigenvalue weighted by Gasteiger charge is 2.28. The standard InChI is InChI=1S/C15H9F2N3O3S.C10H6F2N2O/c16-13-10(9-21)8-20(14(13)12-4-2-6-19-15(12)17)24(22,23)11-3-1-5-18-7-11;11-8-6(5-15)4-14-9(8)7-2-1-3-13-10(7)12/h1-9H;1-5,14H. The van der Waals surface area contributed by atoms with Crippen molar-refractivity contribution in [3.05, 3.63) is 108 Å². The van der Waals surface area contributed by atoms with E-state index in [1.165, 1.54) is 55.0 Å². The fourth-order valence-corrected chi connectivity index (χ4v) is 4.78. The molecule has 0 aliphatic heterocycles. The second-order valence-electron chi connectivity index (χ2n) is 7.59. The molecule has 39 heavy (non-hydrogen) atoms. The van der Waals surface area contributed by atoms with Crippen molar-refractivity contribution >= 4 is 22.6 Å². The molecule has 5 aromatic rings. The van der Waals surface area contributed by atoms with E-state index < -0.39 is 44.8 Å². The van der Waals surface area contributed by atoms with Gasteiger partial charge in [-0.05, 0) is 36.4 Å². The molecule has 0 aliphatic rings. The van der Waals surface area contributed by atoms with Crippen LogP contribution in [-0.2, 0) is 10.0 Å². The summed E-state index contributed by atoms with van der Waals surface area (Å²) in [6, 6.07) is 8.00. The van der Waals surface area contributed by atoms with E-state index in [-0.39, 0.29) is 33.6 Å². The van der Waals surface area contributed by atoms with Gasteiger partial charge >= 0.3 is 0 Å². The first-order valence-electron chi connectivity index (χ1n) is 10.8. The number of pyridine rings is 3. The Labute approximate surface area is 217 Å². The molecule has 0 aliphatic carbocycles. The molecule has 1 N–H and O–H groups in total. The van der Waals surface area contributed by atoms with E-state index in [1.54, 1.807) is 0 Å². The largest absolute Gasteiger partial charge is 0.358 e. The lowest BCUT2D eigenvalue weighted by Crippen LogP contribution is -2.14. The average molecular weight is 557 g/mol. The molecular weight excluding hydrogens is 542 g/mol. The van der Waals surface area contributed by atoms with Crippen molar-refractivity contribution in [3.8, 4) is 22.5 Å². The summed E-state index contributed by atoms with van der Waals surface area (Å²) < 4.78 is 81.0. The van der Waals surface area contributed by atoms with Crippen LogP contribution in [0.25, 0.3) is 22.5 Å². The molecule has 5 aromatic heterocycles. The van der Waals surface area contributed by atoms with E-state index in [0.29, 0.717) is 10.3 Å². The molecule has 0 amide bonds. The van der Waals surface area contributed by atoms with E-state index in [1.807, 2.05) is 0 Å². The Hall–Kier alpha value is -4.98. The van der Waals surface area contributed by atoms with Crippen LogP contribution in [0.15, 0.2) is 78.5 Å². The molecule has 0 bridgehead atoms. The number of hydrogen-bond acceptors (Lipinski definition) is 7. The van der Waals surface area contributed by atoms with Crippen LogP contribution in [0.4, 0.5) is 17.6 Å². The quantitative estimate of drug-likeness (QED) is 0.186. The highest BCUT2D eigenvalue weighted by Crippen LogP contribution is 2.31. The van der Waals surface area contributed by atoms with Crippen molar-refractivity contribution in [3.63, 3.8) is 0 Å². The number of aromatic nitrogens is 5. The van der Waals surface area contributed by atoms with Crippen molar-refractivity contribution in [2.75, 3.05) is 0 Å². The lowest BCUT2D eigenvalue weighted by molar-refractivity contribution is 0.111. The zero-order valence-corrected chi connectivity index (χ0v) is 20.2. The molecule has 0 spiro atoms. The maximum Gasteiger partial charge on any atom is 0.269 e. The Balaban J connectivity index is 0.000000202. The maximum absolute atomic E-state index is 14.5. The molecule has 0 saturated heterocycles. The molecular formula is C25H15F4N5O4S. The van der Waals surface area contributed by atoms with Crippen molar-refractivity contribution < 1.29 is 35.6 Å². The van der Waals surface area contributed by atoms with Crippen LogP contribution < -0.4 is 0 Å². The van der Waals surface area contributed by atoms with Crippen LogP contribution in [0.2, 0.25) is 0 Å². The molecule has 0 fully saturated rings. The van der Waals surface area contributed by atoms with Crippen LogP contribution in [0.3, 0.4) is 0 Å². The third-order valence-electron chi connectivity index (χ3n) is 5.27. The number of H-pyrrole nitrogens is 1. The second kappa shape index (κ2) is 11.2. The number of nitrogens with zero attached hydrogens (tertiary/aromatic N) is 4. The number of aromatic amines is 1. The normalized spacial score (nSPS) is 11.0. The molecule has 0 unspecified atom stereocenters. The zero-order chi connectivity index (χ0) is 28.2. The monoisotopic (exact) mass is 557 g/mol. The predicted octanol–water partition coefficient (Wildman–Crippen LogP) is 4.44. The minimum absolute atomic E-state index is 0.00287. The topological polar surface area (TPSA) is 128 Å². The van der Waals surface area contributed by atoms with E-state index >= 15 is 0 Å². The minimum atomic E-state index is -4.29. The lowest BCUT2D eigenvalue weighted by atomic mass is 10.2. The van der Waals surface area contributed by atoms with Crippen LogP contribution in [0.5, 0.6) is 0 Å². The summed E-state index contributed by atoms with van der Waals surface area (Å²) >= 11 is 0. The highest BCUT2D eigenvalue weighted by molar-refractivity contribution is 7.90. The average Bonchev–Trinajstić information content (AvgIpc) is 3.49. The lowest BCUT2D eigenvalue weighted by Gasteiger charge is -2.10. The molecule has 5 rings (SSSR count). The first-order valence-corrected chi connectivity index (χ1v) is 12.2. The summed E-state index contributed by atoms with van der Waals surface area (Å²) in [7, 11) is -4.29. The first kappa shape index (κ1) is 27.1. The van der Waals surface area contributed by atoms with Gasteiger partial charge in [0.2, 0.25) is 11.9 Å². The Morgan fingerprint density at radius 3 is 1.95 bits per heavy atom. The molecule has 0 aromatic carbocycles. The van der Waals surface area contributed by atoms with Gasteiger partial charge in [-0.15, -0.1) is 0 Å². The molecule has 0 saturated carbocycles. The van der Waals surface area contributed by atoms with E-state index in [2.05, 4.69) is 19.9 Å². The molecule has 0 radical (unpaired) electrons. The van der Waals surface area contributed by atoms with Gasteiger partial charge in [0.05, 0.1) is 27.9 Å². The van der Waals surface area contributed by atoms with E-state index in [0.717, 1.165) is 18.6 Å². The van der Waals surface area contributed by atoms with E-state index in [4.69, 9.17) is 0 Å². The number of aldehydes is 2. The van der Waals surface area contributed by atoms with Crippen molar-refractivity contribution in [1.82, 2.24) is 23.9 Å². The molecule has 0 atom stereocenters. The zero-order valence-electron chi connectivity index (χ0n) is 19.4. The molecule has 5 heterocycles. The Bertz CT molecular complexity index is 1770. The molecule has 198 valence electrons. The van der Waals surface area contributed by atoms with Gasteiger partial charge in [-0.3, -0.25) is 14.6 Å². The number of rotatable bonds is 6. The Morgan fingerprint density at radius 1 is 0.795 bits per heavy atom. The van der Waals surface area contributed by atoms with Crippen molar-refractivity contribution in [2.45, 2.75) is 4.90 Å². The van der Waals surface area contributed by atoms with Gasteiger partial charge in [0.15, 0.2) is 24.2 Å². The van der Waals surface area contributed by atoms with Crippen LogP contribution >= 0.6 is 0 Å². The molecule has 9 nitrogen and oxygen atoms in total. The fraction of sp³-hybridized carbons (Fsp3) is 0. The van der Waals surface area contributed by atoms with Crippen LogP contribution in [-0.4, -0.2) is 44.9 Å². The first-order chi connectivity index (χ1) is 18.7. The summed E-state index contributed by atoms with van der Waals surface area (Å²) in [4.78, 5) is 34.1. The Kier molecular flexibility index (Phi) is 7.76. The summed E-state index contributed by atoms with van der Waals surface area (Å²) in [5, 5.41) is 0. The van der Waals surface area contributed by atoms with Gasteiger partial charge in [-0.25, -0.2) is 31.1 Å². The van der Waals surface area contributed by atoms with Gasteiger partial charge in [-0.1, -0.05) is 0 Å². The third kappa shape index (κ3) is 5.22. The van der Waals surface area contributed by atoms with Gasteiger partial charge < -0.3 is 4.98 Å². The highest BCUT2D eigenvalue weighted by atomic mass is 32.2. The molecule has 14 heteroatoms. The maximum atomic E-state index is 14.5. The SMILES string of the molecule is O=Cc1c[nH]c(-c2cccnc2F)c1F.O=Cc1cn(S(=O)(=O)c2cccnc2)c(-c2cccnc2F)c1F. The van der Waals surface area contributed by atoms with Crippen molar-refractivity contribution in [1.29, 1.82) is 0 Å². The van der Waals surface area contributed by atoms with Crippen LogP contribution in [0.1, 0.15) is 20.7 Å². The predicted molar refractivity (Wildman–Crippen MR) is 129 cm³/mol. The van der Waals surface area contributed by atoms with Gasteiger partial charge in [0.1, 0.15) is 10.6 Å². The summed E-state index contributed by atoms with van der Waals surface area (Å²) in [5.41, 5.74) is -1.69. The van der Waals surface area contributed by atoms with E-state index in [9.17, 15) is 35.6 Å². The van der Waals surface area contributed by atoms with Gasteiger partial charge in [-0.2, -0.15) is 8.78 Å². The fourth-order valence-electron chi connectivity index (χ4n) is 3.44. The van der Waals surface area contributed by atoms with Crippen molar-refractivity contribution in [2.24, 2.45) is 0 Å². The third-order valence-corrected chi connectivity index (χ3v) is 6.91. The van der Waals surface area contributed by atoms with Gasteiger partial charge in [0.25, 0.3) is 10.0 Å². The Morgan fingerprint density at radius 2 is 1.41 bits per heavy atom. The smallest absolute Gasteiger partial charge is 0.269 e. The second-order valence-corrected chi connectivity index (χ2v) is 9.40. The number of nitrogens with one attached hydrogen (secondary N) is 1. The number of carbonyl (C=O) groups is 2. The summed E-state index contributed by atoms with van der Waals surface area (Å²) in [5.74, 6) is -3.76. The summed E-state index contributed by atoms with van der Waals surface area (Å²) in [6.07, 6.45) is 7.34. The number of halogens is 4. The minimum Gasteiger partial charge on any atom is -0.358 e. The van der Waals surface area contributed by atoms with Crippen LogP contribution in [0, 0.1) is 23.5 Å². The number of hydrogen-bond donors (Lipinski definition) is 1. The summed E-state index contributed by atoms with van der Waals surface area (Å²) in [6.45, 7) is 0.